The highest BCUT2D eigenvalue weighted by molar-refractivity contribution is 5.91. The highest BCUT2D eigenvalue weighted by Gasteiger charge is 2.48. The smallest absolute Gasteiger partial charge is 0.309 e. The van der Waals surface area contributed by atoms with Gasteiger partial charge in [-0.25, -0.2) is 0 Å². The Labute approximate surface area is 130 Å². The van der Waals surface area contributed by atoms with Crippen LogP contribution in [0.2, 0.25) is 0 Å². The molecule has 0 saturated heterocycles. The van der Waals surface area contributed by atoms with Gasteiger partial charge in [-0.2, -0.15) is 0 Å². The first kappa shape index (κ1) is 16.3. The van der Waals surface area contributed by atoms with Crippen molar-refractivity contribution in [3.05, 3.63) is 23.8 Å². The Morgan fingerprint density at radius 3 is 2.27 bits per heavy atom. The zero-order chi connectivity index (χ0) is 16.1. The molecule has 1 aliphatic rings. The van der Waals surface area contributed by atoms with Gasteiger partial charge in [0.25, 0.3) is 0 Å². The Morgan fingerprint density at radius 1 is 1.09 bits per heavy atom. The molecule has 0 N–H and O–H groups in total. The fraction of sp³-hybridized carbons (Fsp3) is 0.529. The van der Waals surface area contributed by atoms with Gasteiger partial charge < -0.3 is 14.2 Å². The number of Topliss-reactive ketones (excluding diaryl/α,β-unsaturated/α-hetero) is 1. The second kappa shape index (κ2) is 7.29. The number of rotatable bonds is 8. The Bertz CT molecular complexity index is 530. The van der Waals surface area contributed by atoms with Crippen LogP contribution in [-0.2, 0) is 20.7 Å². The summed E-state index contributed by atoms with van der Waals surface area (Å²) in [4.78, 5) is 23.7. The zero-order valence-electron chi connectivity index (χ0n) is 13.3. The van der Waals surface area contributed by atoms with Gasteiger partial charge in [-0.05, 0) is 37.5 Å². The van der Waals surface area contributed by atoms with Gasteiger partial charge in [0.1, 0.15) is 17.3 Å². The number of benzene rings is 1. The highest BCUT2D eigenvalue weighted by Crippen LogP contribution is 2.41. The minimum absolute atomic E-state index is 0.125. The van der Waals surface area contributed by atoms with Crippen LogP contribution in [0.3, 0.4) is 0 Å². The van der Waals surface area contributed by atoms with Gasteiger partial charge in [0.15, 0.2) is 0 Å². The van der Waals surface area contributed by atoms with Crippen LogP contribution in [0.25, 0.3) is 0 Å². The van der Waals surface area contributed by atoms with Crippen molar-refractivity contribution in [2.75, 3.05) is 20.8 Å². The van der Waals surface area contributed by atoms with E-state index in [1.807, 2.05) is 12.1 Å². The molecule has 0 unspecified atom stereocenters. The molecule has 1 aromatic rings. The predicted molar refractivity (Wildman–Crippen MR) is 81.1 cm³/mol. The summed E-state index contributed by atoms with van der Waals surface area (Å²) >= 11 is 0. The predicted octanol–water partition coefficient (Wildman–Crippen LogP) is 2.40. The van der Waals surface area contributed by atoms with Gasteiger partial charge in [0.2, 0.25) is 0 Å². The van der Waals surface area contributed by atoms with E-state index in [2.05, 4.69) is 0 Å². The molecule has 120 valence electrons. The molecule has 0 aliphatic heterocycles. The first-order valence-corrected chi connectivity index (χ1v) is 7.50. The molecule has 1 aliphatic carbocycles. The van der Waals surface area contributed by atoms with E-state index in [0.29, 0.717) is 37.4 Å². The molecule has 0 spiro atoms. The molecule has 1 fully saturated rings. The van der Waals surface area contributed by atoms with Crippen LogP contribution >= 0.6 is 0 Å². The first-order chi connectivity index (χ1) is 10.6. The fourth-order valence-electron chi connectivity index (χ4n) is 2.52. The van der Waals surface area contributed by atoms with Gasteiger partial charge >= 0.3 is 5.97 Å². The van der Waals surface area contributed by atoms with Crippen molar-refractivity contribution in [2.45, 2.75) is 26.2 Å². The largest absolute Gasteiger partial charge is 0.497 e. The van der Waals surface area contributed by atoms with Gasteiger partial charge in [-0.15, -0.1) is 0 Å². The van der Waals surface area contributed by atoms with Crippen molar-refractivity contribution in [1.82, 2.24) is 0 Å². The Morgan fingerprint density at radius 2 is 1.73 bits per heavy atom. The molecule has 1 aromatic carbocycles. The van der Waals surface area contributed by atoms with E-state index >= 15 is 0 Å². The second-order valence-corrected chi connectivity index (χ2v) is 5.39. The average molecular weight is 306 g/mol. The van der Waals surface area contributed by atoms with Crippen molar-refractivity contribution in [1.29, 1.82) is 0 Å². The summed E-state index contributed by atoms with van der Waals surface area (Å²) < 4.78 is 15.4. The van der Waals surface area contributed by atoms with E-state index in [9.17, 15) is 9.59 Å². The molecule has 5 nitrogen and oxygen atoms in total. The van der Waals surface area contributed by atoms with E-state index in [1.165, 1.54) is 0 Å². The van der Waals surface area contributed by atoms with Crippen molar-refractivity contribution in [3.63, 3.8) is 0 Å². The van der Waals surface area contributed by atoms with Gasteiger partial charge in [0.05, 0.1) is 26.7 Å². The summed E-state index contributed by atoms with van der Waals surface area (Å²) in [5.41, 5.74) is 0.984. The number of carbonyl (C=O) groups is 2. The second-order valence-electron chi connectivity index (χ2n) is 5.39. The topological polar surface area (TPSA) is 61.8 Å². The number of aryl methyl sites for hydroxylation is 1. The minimum atomic E-state index is -0.246. The number of ether oxygens (including phenoxy) is 3. The van der Waals surface area contributed by atoms with Gasteiger partial charge in [0, 0.05) is 18.4 Å². The highest BCUT2D eigenvalue weighted by atomic mass is 16.5. The summed E-state index contributed by atoms with van der Waals surface area (Å²) in [5, 5.41) is 0. The lowest BCUT2D eigenvalue weighted by atomic mass is 10.0. The van der Waals surface area contributed by atoms with Crippen molar-refractivity contribution >= 4 is 11.8 Å². The van der Waals surface area contributed by atoms with Crippen LogP contribution in [-0.4, -0.2) is 32.6 Å². The number of esters is 1. The van der Waals surface area contributed by atoms with Crippen LogP contribution in [0.4, 0.5) is 0 Å². The number of hydrogen-bond donors (Lipinski definition) is 0. The maximum Gasteiger partial charge on any atom is 0.309 e. The average Bonchev–Trinajstić information content (AvgIpc) is 3.33. The molecule has 0 radical (unpaired) electrons. The third-order valence-electron chi connectivity index (χ3n) is 3.86. The lowest BCUT2D eigenvalue weighted by molar-refractivity contribution is -0.145. The van der Waals surface area contributed by atoms with Crippen LogP contribution in [0.15, 0.2) is 18.2 Å². The number of hydrogen-bond acceptors (Lipinski definition) is 5. The lowest BCUT2D eigenvalue weighted by Crippen LogP contribution is -2.12. The maximum absolute atomic E-state index is 12.1. The third kappa shape index (κ3) is 4.00. The molecule has 5 heteroatoms. The van der Waals surface area contributed by atoms with Crippen LogP contribution < -0.4 is 9.47 Å². The van der Waals surface area contributed by atoms with Crippen LogP contribution in [0.5, 0.6) is 11.5 Å². The van der Waals surface area contributed by atoms with E-state index < -0.39 is 0 Å². The fourth-order valence-corrected chi connectivity index (χ4v) is 2.52. The summed E-state index contributed by atoms with van der Waals surface area (Å²) in [6.45, 7) is 2.13. The quantitative estimate of drug-likeness (QED) is 0.690. The maximum atomic E-state index is 12.1. The molecule has 2 rings (SSSR count). The van der Waals surface area contributed by atoms with Crippen molar-refractivity contribution in [3.8, 4) is 11.5 Å². The summed E-state index contributed by atoms with van der Waals surface area (Å²) in [6, 6.07) is 5.58. The molecule has 0 heterocycles. The van der Waals surface area contributed by atoms with Crippen molar-refractivity contribution < 1.29 is 23.8 Å². The molecule has 0 amide bonds. The third-order valence-corrected chi connectivity index (χ3v) is 3.86. The lowest BCUT2D eigenvalue weighted by Gasteiger charge is -2.08. The van der Waals surface area contributed by atoms with E-state index in [1.54, 1.807) is 27.2 Å². The van der Waals surface area contributed by atoms with Crippen molar-refractivity contribution in [2.24, 2.45) is 11.8 Å². The molecule has 0 aromatic heterocycles. The molecule has 2 atom stereocenters. The first-order valence-electron chi connectivity index (χ1n) is 7.50. The number of carbonyl (C=O) groups excluding carboxylic acids is 2. The minimum Gasteiger partial charge on any atom is -0.497 e. The molecule has 0 bridgehead atoms. The summed E-state index contributed by atoms with van der Waals surface area (Å²) in [7, 11) is 3.19. The Balaban J connectivity index is 1.88. The van der Waals surface area contributed by atoms with Gasteiger partial charge in [-0.3, -0.25) is 9.59 Å². The van der Waals surface area contributed by atoms with E-state index in [-0.39, 0.29) is 23.6 Å². The molecular weight excluding hydrogens is 284 g/mol. The monoisotopic (exact) mass is 306 g/mol. The Hall–Kier alpha value is -2.04. The molecular formula is C17H22O5. The number of methoxy groups -OCH3 is 2. The standard InChI is InChI=1S/C17H22O5/c1-4-22-17(19)15-10-14(15)16(18)6-5-11-7-12(20-2)9-13(8-11)21-3/h7-9,14-15H,4-6,10H2,1-3H3/t14-,15-/m0/s1. The molecule has 1 saturated carbocycles. The Kier molecular flexibility index (Phi) is 5.41. The summed E-state index contributed by atoms with van der Waals surface area (Å²) in [6.07, 6.45) is 1.65. The zero-order valence-corrected chi connectivity index (χ0v) is 13.3. The van der Waals surface area contributed by atoms with Crippen LogP contribution in [0.1, 0.15) is 25.3 Å². The van der Waals surface area contributed by atoms with E-state index in [0.717, 1.165) is 5.56 Å². The van der Waals surface area contributed by atoms with Crippen LogP contribution in [0, 0.1) is 11.8 Å². The van der Waals surface area contributed by atoms with Gasteiger partial charge in [-0.1, -0.05) is 0 Å². The number of ketones is 1. The SMILES string of the molecule is CCOC(=O)[C@H]1C[C@@H]1C(=O)CCc1cc(OC)cc(OC)c1. The summed E-state index contributed by atoms with van der Waals surface area (Å²) in [5.74, 6) is 0.901. The van der Waals surface area contributed by atoms with E-state index in [4.69, 9.17) is 14.2 Å². The molecule has 22 heavy (non-hydrogen) atoms. The normalized spacial score (nSPS) is 19.4.